The van der Waals surface area contributed by atoms with Crippen molar-refractivity contribution in [1.29, 1.82) is 0 Å². The average Bonchev–Trinajstić information content (AvgIpc) is 2.76. The normalized spacial score (nSPS) is 13.2. The van der Waals surface area contributed by atoms with Gasteiger partial charge in [-0.3, -0.25) is 0 Å². The molecule has 0 aromatic carbocycles. The number of nitrogens with zero attached hydrogens (tertiary/aromatic N) is 1. The molecular formula is C29H57NO. The van der Waals surface area contributed by atoms with Crippen molar-refractivity contribution in [2.75, 3.05) is 27.3 Å². The summed E-state index contributed by atoms with van der Waals surface area (Å²) >= 11 is 0. The first-order valence-electron chi connectivity index (χ1n) is 13.8. The van der Waals surface area contributed by atoms with E-state index in [0.29, 0.717) is 6.04 Å². The molecule has 0 amide bonds. The van der Waals surface area contributed by atoms with E-state index in [1.54, 1.807) is 0 Å². The smallest absolute Gasteiger partial charge is 0.0621 e. The minimum atomic E-state index is 0.587. The summed E-state index contributed by atoms with van der Waals surface area (Å²) < 4.78 is 5.94. The van der Waals surface area contributed by atoms with Crippen molar-refractivity contribution >= 4 is 0 Å². The van der Waals surface area contributed by atoms with Crippen LogP contribution in [0.3, 0.4) is 0 Å². The largest absolute Gasteiger partial charge is 0.380 e. The fraction of sp³-hybridized carbons (Fsp3) is 0.862. The maximum absolute atomic E-state index is 5.94. The second-order valence-corrected chi connectivity index (χ2v) is 9.48. The van der Waals surface area contributed by atoms with Gasteiger partial charge in [-0.1, -0.05) is 109 Å². The molecule has 2 nitrogen and oxygen atoms in total. The van der Waals surface area contributed by atoms with E-state index >= 15 is 0 Å². The zero-order valence-corrected chi connectivity index (χ0v) is 21.9. The third kappa shape index (κ3) is 23.9. The summed E-state index contributed by atoms with van der Waals surface area (Å²) in [6.07, 6.45) is 33.2. The van der Waals surface area contributed by atoms with Crippen LogP contribution < -0.4 is 0 Å². The molecule has 0 rings (SSSR count). The van der Waals surface area contributed by atoms with E-state index in [0.717, 1.165) is 19.6 Å². The lowest BCUT2D eigenvalue weighted by Gasteiger charge is -2.24. The van der Waals surface area contributed by atoms with Crippen LogP contribution in [0.2, 0.25) is 0 Å². The quantitative estimate of drug-likeness (QED) is 0.111. The lowest BCUT2D eigenvalue weighted by molar-refractivity contribution is 0.0722. The second kappa shape index (κ2) is 25.7. The SMILES string of the molecule is CCCCCC=CCC=CCCCCCCCCC[C@@H](COCCCCCC)N(C)C. The first-order valence-corrected chi connectivity index (χ1v) is 13.8. The fourth-order valence-electron chi connectivity index (χ4n) is 3.89. The summed E-state index contributed by atoms with van der Waals surface area (Å²) in [7, 11) is 4.40. The van der Waals surface area contributed by atoms with Crippen LogP contribution >= 0.6 is 0 Å². The van der Waals surface area contributed by atoms with Crippen LogP contribution in [-0.4, -0.2) is 38.3 Å². The molecule has 0 spiro atoms. The van der Waals surface area contributed by atoms with Gasteiger partial charge in [0.1, 0.15) is 0 Å². The zero-order chi connectivity index (χ0) is 22.8. The van der Waals surface area contributed by atoms with Crippen molar-refractivity contribution in [1.82, 2.24) is 4.90 Å². The Morgan fingerprint density at radius 2 is 1.13 bits per heavy atom. The number of hydrogen-bond acceptors (Lipinski definition) is 2. The highest BCUT2D eigenvalue weighted by molar-refractivity contribution is 4.92. The topological polar surface area (TPSA) is 12.5 Å². The van der Waals surface area contributed by atoms with Crippen LogP contribution in [0.5, 0.6) is 0 Å². The molecule has 2 heteroatoms. The highest BCUT2D eigenvalue weighted by Gasteiger charge is 2.11. The third-order valence-electron chi connectivity index (χ3n) is 6.17. The first-order chi connectivity index (χ1) is 15.2. The number of allylic oxidation sites excluding steroid dienone is 4. The van der Waals surface area contributed by atoms with Gasteiger partial charge in [-0.2, -0.15) is 0 Å². The van der Waals surface area contributed by atoms with E-state index < -0.39 is 0 Å². The van der Waals surface area contributed by atoms with Crippen molar-refractivity contribution in [3.8, 4) is 0 Å². The third-order valence-corrected chi connectivity index (χ3v) is 6.17. The molecule has 0 aliphatic carbocycles. The van der Waals surface area contributed by atoms with Gasteiger partial charge in [-0.15, -0.1) is 0 Å². The summed E-state index contributed by atoms with van der Waals surface area (Å²) in [4.78, 5) is 2.35. The van der Waals surface area contributed by atoms with E-state index in [-0.39, 0.29) is 0 Å². The summed E-state index contributed by atoms with van der Waals surface area (Å²) in [6.45, 7) is 6.37. The zero-order valence-electron chi connectivity index (χ0n) is 21.9. The van der Waals surface area contributed by atoms with E-state index in [4.69, 9.17) is 4.74 Å². The molecule has 0 aromatic heterocycles. The molecule has 0 fully saturated rings. The molecule has 0 aliphatic rings. The Balaban J connectivity index is 3.45. The van der Waals surface area contributed by atoms with Crippen molar-refractivity contribution in [2.24, 2.45) is 0 Å². The van der Waals surface area contributed by atoms with Crippen molar-refractivity contribution < 1.29 is 4.74 Å². The minimum absolute atomic E-state index is 0.587. The average molecular weight is 436 g/mol. The Kier molecular flexibility index (Phi) is 25.2. The Hall–Kier alpha value is -0.600. The summed E-state index contributed by atoms with van der Waals surface area (Å²) in [5.74, 6) is 0. The van der Waals surface area contributed by atoms with Gasteiger partial charge in [-0.25, -0.2) is 0 Å². The van der Waals surface area contributed by atoms with Gasteiger partial charge in [0.05, 0.1) is 6.61 Å². The van der Waals surface area contributed by atoms with Crippen LogP contribution in [0.4, 0.5) is 0 Å². The molecule has 0 bridgehead atoms. The predicted octanol–water partition coefficient (Wildman–Crippen LogP) is 9.11. The van der Waals surface area contributed by atoms with Gasteiger partial charge in [0.15, 0.2) is 0 Å². The molecule has 0 heterocycles. The molecule has 184 valence electrons. The fourth-order valence-corrected chi connectivity index (χ4v) is 3.89. The lowest BCUT2D eigenvalue weighted by Crippen LogP contribution is -2.32. The number of hydrogen-bond donors (Lipinski definition) is 0. The lowest BCUT2D eigenvalue weighted by atomic mass is 10.0. The van der Waals surface area contributed by atoms with E-state index in [1.165, 1.54) is 109 Å². The Labute approximate surface area is 196 Å². The predicted molar refractivity (Wildman–Crippen MR) is 141 cm³/mol. The Morgan fingerprint density at radius 1 is 0.613 bits per heavy atom. The second-order valence-electron chi connectivity index (χ2n) is 9.48. The Bertz CT molecular complexity index is 388. The van der Waals surface area contributed by atoms with Gasteiger partial charge >= 0.3 is 0 Å². The van der Waals surface area contributed by atoms with E-state index in [9.17, 15) is 0 Å². The number of rotatable bonds is 24. The molecule has 0 saturated carbocycles. The van der Waals surface area contributed by atoms with E-state index in [1.807, 2.05) is 0 Å². The van der Waals surface area contributed by atoms with Crippen LogP contribution in [-0.2, 0) is 4.74 Å². The highest BCUT2D eigenvalue weighted by Crippen LogP contribution is 2.13. The molecule has 0 N–H and O–H groups in total. The molecule has 0 saturated heterocycles. The highest BCUT2D eigenvalue weighted by atomic mass is 16.5. The van der Waals surface area contributed by atoms with Crippen molar-refractivity contribution in [2.45, 2.75) is 135 Å². The van der Waals surface area contributed by atoms with Crippen LogP contribution in [0.1, 0.15) is 129 Å². The van der Waals surface area contributed by atoms with Crippen molar-refractivity contribution in [3.05, 3.63) is 24.3 Å². The number of likely N-dealkylation sites (N-methyl/N-ethyl adjacent to an activating group) is 1. The van der Waals surface area contributed by atoms with Crippen molar-refractivity contribution in [3.63, 3.8) is 0 Å². The molecule has 0 aliphatic heterocycles. The minimum Gasteiger partial charge on any atom is -0.380 e. The van der Waals surface area contributed by atoms with Gasteiger partial charge in [0.2, 0.25) is 0 Å². The van der Waals surface area contributed by atoms with Crippen LogP contribution in [0.15, 0.2) is 24.3 Å². The molecule has 0 radical (unpaired) electrons. The molecular weight excluding hydrogens is 378 g/mol. The molecule has 0 aromatic rings. The molecule has 1 atom stereocenters. The Morgan fingerprint density at radius 3 is 1.74 bits per heavy atom. The standard InChI is InChI=1S/C29H57NO/c1-5-7-9-11-12-13-14-15-16-17-18-19-20-21-22-23-24-26-29(30(3)4)28-31-27-25-10-8-6-2/h12-13,15-16,29H,5-11,14,17-28H2,1-4H3/t29-/m0/s1. The number of unbranched alkanes of at least 4 members (excludes halogenated alkanes) is 13. The van der Waals surface area contributed by atoms with Crippen LogP contribution in [0, 0.1) is 0 Å². The van der Waals surface area contributed by atoms with Gasteiger partial charge in [0, 0.05) is 12.6 Å². The maximum atomic E-state index is 5.94. The summed E-state index contributed by atoms with van der Waals surface area (Å²) in [5, 5.41) is 0. The first kappa shape index (κ1) is 30.4. The molecule has 31 heavy (non-hydrogen) atoms. The van der Waals surface area contributed by atoms with Crippen LogP contribution in [0.25, 0.3) is 0 Å². The van der Waals surface area contributed by atoms with Gasteiger partial charge in [-0.05, 0) is 59.0 Å². The monoisotopic (exact) mass is 435 g/mol. The van der Waals surface area contributed by atoms with Gasteiger partial charge in [0.25, 0.3) is 0 Å². The summed E-state index contributed by atoms with van der Waals surface area (Å²) in [6, 6.07) is 0.587. The maximum Gasteiger partial charge on any atom is 0.0621 e. The summed E-state index contributed by atoms with van der Waals surface area (Å²) in [5.41, 5.74) is 0. The van der Waals surface area contributed by atoms with Gasteiger partial charge < -0.3 is 9.64 Å². The molecule has 0 unspecified atom stereocenters. The van der Waals surface area contributed by atoms with E-state index in [2.05, 4.69) is 57.1 Å². The number of ether oxygens (including phenoxy) is 1.